The predicted molar refractivity (Wildman–Crippen MR) is 102 cm³/mol. The third-order valence-corrected chi connectivity index (χ3v) is 6.79. The molecule has 1 aliphatic heterocycles. The second-order valence-corrected chi connectivity index (χ2v) is 10.5. The molecule has 0 aromatic carbocycles. The maximum Gasteiger partial charge on any atom is 0.226 e. The molecule has 0 N–H and O–H groups in total. The highest BCUT2D eigenvalue weighted by Gasteiger charge is 2.24. The summed E-state index contributed by atoms with van der Waals surface area (Å²) in [5.41, 5.74) is 0. The standard InChI is InChI=1S/C19H33N3O3S/c1-26(23,24)13-7-12-22-11-6-8-16(15-22)14-18-20-19(21-25-18)17-9-4-2-3-5-10-17/h16-17H,2-15H2,1H3. The molecule has 26 heavy (non-hydrogen) atoms. The molecule has 1 unspecified atom stereocenters. The maximum absolute atomic E-state index is 11.3. The van der Waals surface area contributed by atoms with Gasteiger partial charge in [-0.15, -0.1) is 0 Å². The first-order valence-electron chi connectivity index (χ1n) is 10.2. The van der Waals surface area contributed by atoms with E-state index < -0.39 is 9.84 Å². The van der Waals surface area contributed by atoms with Crippen LogP contribution in [0, 0.1) is 5.92 Å². The zero-order chi connectivity index (χ0) is 18.4. The van der Waals surface area contributed by atoms with Crippen molar-refractivity contribution < 1.29 is 12.9 Å². The van der Waals surface area contributed by atoms with Gasteiger partial charge in [0.1, 0.15) is 9.84 Å². The van der Waals surface area contributed by atoms with Gasteiger partial charge in [-0.05, 0) is 51.1 Å². The monoisotopic (exact) mass is 383 g/mol. The van der Waals surface area contributed by atoms with E-state index in [1.165, 1.54) is 51.2 Å². The van der Waals surface area contributed by atoms with Crippen LogP contribution in [-0.4, -0.2) is 55.1 Å². The van der Waals surface area contributed by atoms with Gasteiger partial charge in [-0.25, -0.2) is 8.42 Å². The highest BCUT2D eigenvalue weighted by atomic mass is 32.2. The van der Waals surface area contributed by atoms with E-state index in [-0.39, 0.29) is 5.75 Å². The minimum absolute atomic E-state index is 0.280. The van der Waals surface area contributed by atoms with Crippen molar-refractivity contribution in [3.8, 4) is 0 Å². The van der Waals surface area contributed by atoms with Crippen LogP contribution in [0.1, 0.15) is 75.4 Å². The number of hydrogen-bond donors (Lipinski definition) is 0. The molecule has 1 aromatic heterocycles. The van der Waals surface area contributed by atoms with Crippen LogP contribution in [0.4, 0.5) is 0 Å². The van der Waals surface area contributed by atoms with Gasteiger partial charge in [0.05, 0.1) is 5.75 Å². The molecular formula is C19H33N3O3S. The first kappa shape index (κ1) is 19.8. The lowest BCUT2D eigenvalue weighted by Crippen LogP contribution is -2.37. The topological polar surface area (TPSA) is 76.3 Å². The number of piperidine rings is 1. The number of rotatable bonds is 7. The molecule has 148 valence electrons. The average molecular weight is 384 g/mol. The molecule has 1 saturated carbocycles. The second-order valence-electron chi connectivity index (χ2n) is 8.23. The first-order chi connectivity index (χ1) is 12.5. The van der Waals surface area contributed by atoms with Gasteiger partial charge in [0, 0.05) is 25.1 Å². The van der Waals surface area contributed by atoms with Gasteiger partial charge in [-0.3, -0.25) is 0 Å². The third kappa shape index (κ3) is 6.34. The van der Waals surface area contributed by atoms with E-state index in [1.54, 1.807) is 0 Å². The van der Waals surface area contributed by atoms with Crippen molar-refractivity contribution in [1.82, 2.24) is 15.0 Å². The summed E-state index contributed by atoms with van der Waals surface area (Å²) >= 11 is 0. The minimum Gasteiger partial charge on any atom is -0.339 e. The van der Waals surface area contributed by atoms with Crippen LogP contribution in [0.25, 0.3) is 0 Å². The van der Waals surface area contributed by atoms with Crippen molar-refractivity contribution >= 4 is 9.84 Å². The number of nitrogens with zero attached hydrogens (tertiary/aromatic N) is 3. The first-order valence-corrected chi connectivity index (χ1v) is 12.3. The van der Waals surface area contributed by atoms with Gasteiger partial charge >= 0.3 is 0 Å². The molecular weight excluding hydrogens is 350 g/mol. The smallest absolute Gasteiger partial charge is 0.226 e. The Morgan fingerprint density at radius 3 is 2.62 bits per heavy atom. The molecule has 2 fully saturated rings. The highest BCUT2D eigenvalue weighted by Crippen LogP contribution is 2.30. The summed E-state index contributed by atoms with van der Waals surface area (Å²) in [5, 5.41) is 4.28. The van der Waals surface area contributed by atoms with Crippen molar-refractivity contribution in [3.63, 3.8) is 0 Å². The molecule has 1 saturated heterocycles. The lowest BCUT2D eigenvalue weighted by molar-refractivity contribution is 0.167. The maximum atomic E-state index is 11.3. The van der Waals surface area contributed by atoms with Crippen molar-refractivity contribution in [2.24, 2.45) is 5.92 Å². The Morgan fingerprint density at radius 2 is 1.88 bits per heavy atom. The Hall–Kier alpha value is -0.950. The van der Waals surface area contributed by atoms with E-state index in [4.69, 9.17) is 9.51 Å². The largest absolute Gasteiger partial charge is 0.339 e. The van der Waals surface area contributed by atoms with Gasteiger partial charge < -0.3 is 9.42 Å². The van der Waals surface area contributed by atoms with Crippen LogP contribution in [0.5, 0.6) is 0 Å². The molecule has 2 aliphatic rings. The predicted octanol–water partition coefficient (Wildman–Crippen LogP) is 3.20. The number of likely N-dealkylation sites (tertiary alicyclic amines) is 1. The molecule has 1 aliphatic carbocycles. The molecule has 0 radical (unpaired) electrons. The Balaban J connectivity index is 1.47. The van der Waals surface area contributed by atoms with Crippen molar-refractivity contribution in [1.29, 1.82) is 0 Å². The fourth-order valence-electron chi connectivity index (χ4n) is 4.37. The molecule has 2 heterocycles. The van der Waals surface area contributed by atoms with Crippen LogP contribution in [0.3, 0.4) is 0 Å². The summed E-state index contributed by atoms with van der Waals surface area (Å²) in [4.78, 5) is 7.10. The molecule has 0 spiro atoms. The van der Waals surface area contributed by atoms with Crippen LogP contribution in [0.15, 0.2) is 4.52 Å². The quantitative estimate of drug-likeness (QED) is 0.673. The van der Waals surface area contributed by atoms with Crippen LogP contribution < -0.4 is 0 Å². The highest BCUT2D eigenvalue weighted by molar-refractivity contribution is 7.90. The van der Waals surface area contributed by atoms with Gasteiger partial charge in [0.15, 0.2) is 5.82 Å². The Labute approximate surface area is 157 Å². The summed E-state index contributed by atoms with van der Waals surface area (Å²) in [6.07, 6.45) is 12.8. The molecule has 0 bridgehead atoms. The molecule has 1 aromatic rings. The minimum atomic E-state index is -2.86. The summed E-state index contributed by atoms with van der Waals surface area (Å²) in [7, 11) is -2.86. The van der Waals surface area contributed by atoms with Crippen LogP contribution in [-0.2, 0) is 16.3 Å². The van der Waals surface area contributed by atoms with Gasteiger partial charge in [0.2, 0.25) is 5.89 Å². The number of aromatic nitrogens is 2. The lowest BCUT2D eigenvalue weighted by Gasteiger charge is -2.32. The SMILES string of the molecule is CS(=O)(=O)CCCN1CCCC(Cc2nc(C3CCCCCC3)no2)C1. The Bertz CT molecular complexity index is 651. The number of sulfone groups is 1. The van der Waals surface area contributed by atoms with Gasteiger partial charge in [-0.2, -0.15) is 4.98 Å². The Kier molecular flexibility index (Phi) is 7.09. The van der Waals surface area contributed by atoms with Crippen LogP contribution in [0.2, 0.25) is 0 Å². The fraction of sp³-hybridized carbons (Fsp3) is 0.895. The second kappa shape index (κ2) is 9.31. The molecule has 3 rings (SSSR count). The third-order valence-electron chi connectivity index (χ3n) is 5.76. The van der Waals surface area contributed by atoms with E-state index in [1.807, 2.05) is 0 Å². The summed E-state index contributed by atoms with van der Waals surface area (Å²) in [6, 6.07) is 0. The Morgan fingerprint density at radius 1 is 1.12 bits per heavy atom. The fourth-order valence-corrected chi connectivity index (χ4v) is 5.03. The summed E-state index contributed by atoms with van der Waals surface area (Å²) in [5.74, 6) is 3.00. The zero-order valence-electron chi connectivity index (χ0n) is 16.0. The summed E-state index contributed by atoms with van der Waals surface area (Å²) < 4.78 is 28.1. The molecule has 7 heteroatoms. The van der Waals surface area contributed by atoms with E-state index in [0.717, 1.165) is 50.6 Å². The molecule has 6 nitrogen and oxygen atoms in total. The van der Waals surface area contributed by atoms with Crippen molar-refractivity contribution in [2.75, 3.05) is 31.6 Å². The van der Waals surface area contributed by atoms with Crippen molar-refractivity contribution in [2.45, 2.75) is 70.1 Å². The zero-order valence-corrected chi connectivity index (χ0v) is 16.8. The van der Waals surface area contributed by atoms with E-state index in [0.29, 0.717) is 11.8 Å². The molecule has 1 atom stereocenters. The van der Waals surface area contributed by atoms with Gasteiger partial charge in [-0.1, -0.05) is 30.8 Å². The molecule has 0 amide bonds. The summed E-state index contributed by atoms with van der Waals surface area (Å²) in [6.45, 7) is 2.93. The van der Waals surface area contributed by atoms with E-state index >= 15 is 0 Å². The van der Waals surface area contributed by atoms with Crippen molar-refractivity contribution in [3.05, 3.63) is 11.7 Å². The van der Waals surface area contributed by atoms with Crippen LogP contribution >= 0.6 is 0 Å². The number of hydrogen-bond acceptors (Lipinski definition) is 6. The van der Waals surface area contributed by atoms with Gasteiger partial charge in [0.25, 0.3) is 0 Å². The van der Waals surface area contributed by atoms with E-state index in [2.05, 4.69) is 10.1 Å². The average Bonchev–Trinajstić information content (AvgIpc) is 2.87. The van der Waals surface area contributed by atoms with E-state index in [9.17, 15) is 8.42 Å². The lowest BCUT2D eigenvalue weighted by atomic mass is 9.94. The normalized spacial score (nSPS) is 23.8.